The van der Waals surface area contributed by atoms with Crippen LogP contribution in [0.5, 0.6) is 0 Å². The predicted octanol–water partition coefficient (Wildman–Crippen LogP) is 1.49. The van der Waals surface area contributed by atoms with Crippen molar-refractivity contribution in [2.75, 3.05) is 46.9 Å². The van der Waals surface area contributed by atoms with E-state index in [0.29, 0.717) is 6.61 Å². The topological polar surface area (TPSA) is 44.8 Å². The predicted molar refractivity (Wildman–Crippen MR) is 99.7 cm³/mol. The van der Waals surface area contributed by atoms with Crippen LogP contribution in [-0.4, -0.2) is 74.7 Å². The first-order valence-electron chi connectivity index (χ1n) is 9.40. The molecule has 1 aromatic carbocycles. The molecule has 0 aliphatic carbocycles. The fourth-order valence-electron chi connectivity index (χ4n) is 4.19. The van der Waals surface area contributed by atoms with Gasteiger partial charge in [-0.2, -0.15) is 0 Å². The number of carbonyl (C=O) groups excluding carboxylic acids is 1. The van der Waals surface area contributed by atoms with Crippen LogP contribution < -0.4 is 5.32 Å². The van der Waals surface area contributed by atoms with Gasteiger partial charge in [-0.15, -0.1) is 0 Å². The van der Waals surface area contributed by atoms with E-state index >= 15 is 0 Å². The van der Waals surface area contributed by atoms with Gasteiger partial charge in [0.25, 0.3) is 0 Å². The Hall–Kier alpha value is -1.43. The molecule has 138 valence electrons. The van der Waals surface area contributed by atoms with Crippen molar-refractivity contribution in [3.63, 3.8) is 0 Å². The second-order valence-corrected chi connectivity index (χ2v) is 7.55. The van der Waals surface area contributed by atoms with Gasteiger partial charge < -0.3 is 19.9 Å². The van der Waals surface area contributed by atoms with Crippen LogP contribution in [0.15, 0.2) is 30.3 Å². The van der Waals surface area contributed by atoms with Crippen LogP contribution in [0.4, 0.5) is 0 Å². The van der Waals surface area contributed by atoms with Gasteiger partial charge in [-0.1, -0.05) is 30.3 Å². The van der Waals surface area contributed by atoms with E-state index in [2.05, 4.69) is 41.3 Å². The average molecular weight is 345 g/mol. The number of carbonyl (C=O) groups is 1. The summed E-state index contributed by atoms with van der Waals surface area (Å²) in [6.45, 7) is 6.31. The van der Waals surface area contributed by atoms with Gasteiger partial charge in [0.2, 0.25) is 5.91 Å². The Bertz CT molecular complexity index is 570. The number of hydrogen-bond acceptors (Lipinski definition) is 4. The molecular formula is C20H31N3O2. The van der Waals surface area contributed by atoms with E-state index in [9.17, 15) is 4.79 Å². The summed E-state index contributed by atoms with van der Waals surface area (Å²) >= 11 is 0. The smallest absolute Gasteiger partial charge is 0.231 e. The van der Waals surface area contributed by atoms with Crippen LogP contribution in [-0.2, 0) is 14.9 Å². The Morgan fingerprint density at radius 1 is 1.16 bits per heavy atom. The van der Waals surface area contributed by atoms with E-state index in [1.54, 1.807) is 0 Å². The molecule has 0 saturated carbocycles. The molecule has 25 heavy (non-hydrogen) atoms. The molecule has 2 fully saturated rings. The lowest BCUT2D eigenvalue weighted by atomic mass is 9.72. The molecule has 2 saturated heterocycles. The van der Waals surface area contributed by atoms with Crippen LogP contribution in [0.3, 0.4) is 0 Å². The monoisotopic (exact) mass is 345 g/mol. The molecule has 1 amide bonds. The number of likely N-dealkylation sites (tertiary alicyclic amines) is 2. The molecule has 5 nitrogen and oxygen atoms in total. The van der Waals surface area contributed by atoms with Gasteiger partial charge in [0.05, 0.1) is 17.6 Å². The van der Waals surface area contributed by atoms with Crippen LogP contribution >= 0.6 is 0 Å². The van der Waals surface area contributed by atoms with Crippen LogP contribution in [0.1, 0.15) is 25.3 Å². The summed E-state index contributed by atoms with van der Waals surface area (Å²) in [5, 5.41) is 3.34. The van der Waals surface area contributed by atoms with Gasteiger partial charge in [0.15, 0.2) is 0 Å². The standard InChI is InChI=1S/C20H31N3O2/c1-4-25-18-15-23(3)14-17(18)21-19(24)20(10-12-22(2)13-11-20)16-8-6-5-7-9-16/h5-9,17-18H,4,10-15H2,1-3H3,(H,21,24)/t17-,18-/m1/s1. The summed E-state index contributed by atoms with van der Waals surface area (Å²) in [7, 11) is 4.21. The molecule has 0 bridgehead atoms. The summed E-state index contributed by atoms with van der Waals surface area (Å²) in [5.41, 5.74) is 0.714. The summed E-state index contributed by atoms with van der Waals surface area (Å²) in [5.74, 6) is 0.164. The molecule has 0 unspecified atom stereocenters. The molecule has 3 rings (SSSR count). The average Bonchev–Trinajstić information content (AvgIpc) is 2.96. The Morgan fingerprint density at radius 2 is 1.84 bits per heavy atom. The van der Waals surface area contributed by atoms with Gasteiger partial charge in [-0.05, 0) is 52.5 Å². The number of nitrogens with one attached hydrogen (secondary N) is 1. The first kappa shape index (κ1) is 18.4. The molecule has 1 aromatic rings. The van der Waals surface area contributed by atoms with Crippen molar-refractivity contribution in [2.45, 2.75) is 37.3 Å². The lowest BCUT2D eigenvalue weighted by Crippen LogP contribution is -2.55. The van der Waals surface area contributed by atoms with E-state index < -0.39 is 5.41 Å². The van der Waals surface area contributed by atoms with E-state index in [4.69, 9.17) is 4.74 Å². The quantitative estimate of drug-likeness (QED) is 0.878. The molecule has 0 spiro atoms. The number of nitrogens with zero attached hydrogens (tertiary/aromatic N) is 2. The Morgan fingerprint density at radius 3 is 2.48 bits per heavy atom. The SMILES string of the molecule is CCO[C@@H]1CN(C)C[C@H]1NC(=O)C1(c2ccccc2)CCN(C)CC1. The number of ether oxygens (including phenoxy) is 1. The lowest BCUT2D eigenvalue weighted by Gasteiger charge is -2.40. The zero-order valence-corrected chi connectivity index (χ0v) is 15.7. The highest BCUT2D eigenvalue weighted by molar-refractivity contribution is 5.88. The molecule has 1 N–H and O–H groups in total. The van der Waals surface area contributed by atoms with Crippen molar-refractivity contribution in [3.8, 4) is 0 Å². The maximum Gasteiger partial charge on any atom is 0.231 e. The van der Waals surface area contributed by atoms with Gasteiger partial charge in [0, 0.05) is 19.7 Å². The maximum absolute atomic E-state index is 13.4. The fraction of sp³-hybridized carbons (Fsp3) is 0.650. The highest BCUT2D eigenvalue weighted by Gasteiger charge is 2.44. The second kappa shape index (κ2) is 7.85. The fourth-order valence-corrected chi connectivity index (χ4v) is 4.19. The zero-order chi connectivity index (χ0) is 17.9. The lowest BCUT2D eigenvalue weighted by molar-refractivity contribution is -0.130. The summed E-state index contributed by atoms with van der Waals surface area (Å²) in [6, 6.07) is 10.4. The van der Waals surface area contributed by atoms with E-state index in [0.717, 1.165) is 44.6 Å². The third kappa shape index (κ3) is 3.89. The second-order valence-electron chi connectivity index (χ2n) is 7.55. The van der Waals surface area contributed by atoms with Gasteiger partial charge in [0.1, 0.15) is 0 Å². The molecule has 0 aromatic heterocycles. The number of rotatable bonds is 5. The first-order valence-corrected chi connectivity index (χ1v) is 9.40. The summed E-state index contributed by atoms with van der Waals surface area (Å²) in [6.07, 6.45) is 1.81. The third-order valence-corrected chi connectivity index (χ3v) is 5.75. The minimum atomic E-state index is -0.425. The molecule has 0 radical (unpaired) electrons. The van der Waals surface area contributed by atoms with Crippen LogP contribution in [0, 0.1) is 0 Å². The van der Waals surface area contributed by atoms with Crippen molar-refractivity contribution < 1.29 is 9.53 Å². The van der Waals surface area contributed by atoms with E-state index in [-0.39, 0.29) is 18.1 Å². The van der Waals surface area contributed by atoms with Crippen molar-refractivity contribution in [1.29, 1.82) is 0 Å². The minimum Gasteiger partial charge on any atom is -0.375 e. The Kier molecular flexibility index (Phi) is 5.77. The third-order valence-electron chi connectivity index (χ3n) is 5.75. The molecule has 2 heterocycles. The van der Waals surface area contributed by atoms with Gasteiger partial charge >= 0.3 is 0 Å². The van der Waals surface area contributed by atoms with Gasteiger partial charge in [-0.25, -0.2) is 0 Å². The summed E-state index contributed by atoms with van der Waals surface area (Å²) < 4.78 is 5.87. The largest absolute Gasteiger partial charge is 0.375 e. The van der Waals surface area contributed by atoms with Crippen molar-refractivity contribution >= 4 is 5.91 Å². The molecule has 2 aliphatic heterocycles. The minimum absolute atomic E-state index is 0.0673. The maximum atomic E-state index is 13.4. The number of benzene rings is 1. The first-order chi connectivity index (χ1) is 12.0. The van der Waals surface area contributed by atoms with Crippen LogP contribution in [0.25, 0.3) is 0 Å². The normalized spacial score (nSPS) is 27.3. The number of hydrogen-bond donors (Lipinski definition) is 1. The molecule has 5 heteroatoms. The van der Waals surface area contributed by atoms with E-state index in [1.807, 2.05) is 25.1 Å². The zero-order valence-electron chi connectivity index (χ0n) is 15.7. The Labute approximate surface area is 151 Å². The summed E-state index contributed by atoms with van der Waals surface area (Å²) in [4.78, 5) is 18.0. The molecule has 2 aliphatic rings. The number of piperidine rings is 1. The van der Waals surface area contributed by atoms with Crippen molar-refractivity contribution in [2.24, 2.45) is 0 Å². The van der Waals surface area contributed by atoms with Crippen molar-refractivity contribution in [3.05, 3.63) is 35.9 Å². The van der Waals surface area contributed by atoms with Gasteiger partial charge in [-0.3, -0.25) is 4.79 Å². The molecular weight excluding hydrogens is 314 g/mol. The highest BCUT2D eigenvalue weighted by atomic mass is 16.5. The highest BCUT2D eigenvalue weighted by Crippen LogP contribution is 2.36. The van der Waals surface area contributed by atoms with E-state index in [1.165, 1.54) is 0 Å². The number of amides is 1. The Balaban J connectivity index is 1.80. The number of likely N-dealkylation sites (N-methyl/N-ethyl adjacent to an activating group) is 1. The van der Waals surface area contributed by atoms with Crippen LogP contribution in [0.2, 0.25) is 0 Å². The van der Waals surface area contributed by atoms with Crippen molar-refractivity contribution in [1.82, 2.24) is 15.1 Å². The molecule has 2 atom stereocenters.